The average Bonchev–Trinajstić information content (AvgIpc) is 3.40. The van der Waals surface area contributed by atoms with E-state index in [0.29, 0.717) is 63.4 Å². The molecule has 4 amide bonds. The monoisotopic (exact) mass is 1130 g/mol. The molecule has 5 N–H and O–H groups in total. The lowest BCUT2D eigenvalue weighted by Crippen LogP contribution is -2.41. The van der Waals surface area contributed by atoms with Crippen molar-refractivity contribution in [3.63, 3.8) is 0 Å². The molecule has 0 aliphatic heterocycles. The van der Waals surface area contributed by atoms with E-state index in [1.54, 1.807) is 59.0 Å². The highest BCUT2D eigenvalue weighted by Gasteiger charge is 2.36. The predicted molar refractivity (Wildman–Crippen MR) is 274 cm³/mol. The number of carbonyl (C=O) groups excluding carboxylic acids is 5. The Labute approximate surface area is 442 Å². The number of Topliss-reactive ketones (excluding diaryl/α,β-unsaturated/α-hetero) is 1. The first kappa shape index (κ1) is 60.4. The number of ketones is 1. The van der Waals surface area contributed by atoms with Crippen LogP contribution in [-0.4, -0.2) is 106 Å². The van der Waals surface area contributed by atoms with Gasteiger partial charge >= 0.3 is 6.18 Å². The Hall–Kier alpha value is -7.49. The molecular formula is C51H54F3N6O14S3+. The number of nitriles is 1. The normalized spacial score (nSPS) is 12.2. The summed E-state index contributed by atoms with van der Waals surface area (Å²) in [7, 11) is -13.5. The number of amides is 4. The number of rotatable bonds is 28. The molecule has 1 aromatic heterocycles. The summed E-state index contributed by atoms with van der Waals surface area (Å²) in [6.07, 6.45) is 1.57. The third-order valence-corrected chi connectivity index (χ3v) is 15.1. The highest BCUT2D eigenvalue weighted by atomic mass is 32.2. The molecule has 0 aliphatic carbocycles. The number of terminal acetylenes is 1. The number of unbranched alkanes of at least 4 members (excludes halogenated alkanes) is 2. The molecule has 0 saturated carbocycles. The molecule has 1 heterocycles. The van der Waals surface area contributed by atoms with Crippen molar-refractivity contribution in [3.05, 3.63) is 108 Å². The van der Waals surface area contributed by atoms with Gasteiger partial charge in [-0.05, 0) is 86.4 Å². The van der Waals surface area contributed by atoms with Crippen molar-refractivity contribution < 1.29 is 80.8 Å². The summed E-state index contributed by atoms with van der Waals surface area (Å²) in [6, 6.07) is 22.6. The molecule has 77 heavy (non-hydrogen) atoms. The van der Waals surface area contributed by atoms with Crippen molar-refractivity contribution in [1.82, 2.24) is 14.9 Å². The molecule has 0 radical (unpaired) electrons. The lowest BCUT2D eigenvalue weighted by atomic mass is 10.0. The SMILES string of the molecule is C#CC(=O)C(C#N)C(=O)Nc1ccc(C(F)(F)F)c(OCCCCCC(=O)NCCNC(=O)CCCc2ccc(S(=O)(=O)N(CCCS(=O)(=O)O)C(=O)c3c4ccccc4[n+](CCCS(=O)(=O)O)c4ccccc34)cc2)c1. The van der Waals surface area contributed by atoms with E-state index in [1.165, 1.54) is 30.3 Å². The van der Waals surface area contributed by atoms with Gasteiger partial charge in [0, 0.05) is 62.8 Å². The van der Waals surface area contributed by atoms with Crippen molar-refractivity contribution >= 4 is 87.2 Å². The number of carbonyl (C=O) groups is 5. The van der Waals surface area contributed by atoms with E-state index < -0.39 is 95.7 Å². The first-order chi connectivity index (χ1) is 36.3. The molecule has 4 aromatic carbocycles. The fourth-order valence-electron chi connectivity index (χ4n) is 8.06. The molecule has 20 nitrogen and oxygen atoms in total. The topological polar surface area (TPSA) is 304 Å². The lowest BCUT2D eigenvalue weighted by Gasteiger charge is -2.24. The van der Waals surface area contributed by atoms with Crippen molar-refractivity contribution in [2.45, 2.75) is 75.4 Å². The van der Waals surface area contributed by atoms with E-state index in [0.717, 1.165) is 12.1 Å². The van der Waals surface area contributed by atoms with Crippen LogP contribution in [-0.2, 0) is 68.6 Å². The van der Waals surface area contributed by atoms with E-state index in [2.05, 4.69) is 16.0 Å². The number of fused-ring (bicyclic) bond motifs is 2. The highest BCUT2D eigenvalue weighted by molar-refractivity contribution is 7.89. The first-order valence-electron chi connectivity index (χ1n) is 23.8. The Kier molecular flexibility index (Phi) is 21.2. The minimum absolute atomic E-state index is 0.00616. The summed E-state index contributed by atoms with van der Waals surface area (Å²) < 4.78 is 143. The van der Waals surface area contributed by atoms with Crippen molar-refractivity contribution in [2.24, 2.45) is 5.92 Å². The van der Waals surface area contributed by atoms with E-state index in [9.17, 15) is 71.5 Å². The quantitative estimate of drug-likeness (QED) is 0.00822. The Balaban J connectivity index is 1.10. The summed E-state index contributed by atoms with van der Waals surface area (Å²) in [5.41, 5.74) is 0.204. The van der Waals surface area contributed by atoms with Gasteiger partial charge in [0.05, 0.1) is 51.0 Å². The number of alkyl halides is 3. The third-order valence-electron chi connectivity index (χ3n) is 11.7. The Morgan fingerprint density at radius 2 is 1.31 bits per heavy atom. The molecule has 1 unspecified atom stereocenters. The third kappa shape index (κ3) is 17.5. The molecular weight excluding hydrogens is 1070 g/mol. The maximum atomic E-state index is 14.7. The Bertz CT molecular complexity index is 3380. The van der Waals surface area contributed by atoms with Gasteiger partial charge in [-0.2, -0.15) is 39.8 Å². The van der Waals surface area contributed by atoms with Gasteiger partial charge in [0.15, 0.2) is 12.5 Å². The number of nitrogens with zero attached hydrogens (tertiary/aromatic N) is 3. The van der Waals surface area contributed by atoms with Gasteiger partial charge < -0.3 is 20.7 Å². The molecule has 0 spiro atoms. The number of pyridine rings is 1. The Morgan fingerprint density at radius 1 is 0.740 bits per heavy atom. The van der Waals surface area contributed by atoms with Crippen LogP contribution in [0.25, 0.3) is 21.8 Å². The van der Waals surface area contributed by atoms with Crippen molar-refractivity contribution in [3.8, 4) is 24.2 Å². The standard InChI is InChI=1S/C51H53F3N6O14S3/c1-2-44(61)40(34-55)49(64)58-36-22-25-41(51(52,53)54)45(33-36)74-30-9-3-4-18-46(62)56-26-27-57-47(63)19-10-13-35-20-23-37(24-21-35)77(72,73)60(29-12-32-76(69,70)71)50(65)48-38-14-5-7-16-42(38)59(28-11-31-75(66,67)68)43-17-8-6-15-39(43)48/h1,5-8,14-17,20-25,33,40H,3-4,9-13,18-19,26-32H2,(H4-,56,57,58,62,63,64,66,67,68,69,70,71)/p+1. The second-order valence-corrected chi connectivity index (χ2v) is 22.4. The van der Waals surface area contributed by atoms with Crippen LogP contribution in [0, 0.1) is 29.6 Å². The number of benzene rings is 4. The number of nitrogens with one attached hydrogen (secondary N) is 3. The van der Waals surface area contributed by atoms with E-state index >= 15 is 0 Å². The zero-order chi connectivity index (χ0) is 56.6. The van der Waals surface area contributed by atoms with E-state index in [1.807, 2.05) is 0 Å². The summed E-state index contributed by atoms with van der Waals surface area (Å²) in [6.45, 7) is -0.503. The van der Waals surface area contributed by atoms with Crippen LogP contribution in [0.2, 0.25) is 0 Å². The van der Waals surface area contributed by atoms with E-state index in [4.69, 9.17) is 16.4 Å². The van der Waals surface area contributed by atoms with Crippen LogP contribution in [0.5, 0.6) is 5.75 Å². The molecule has 0 saturated heterocycles. The first-order valence-corrected chi connectivity index (χ1v) is 28.5. The molecule has 0 aliphatic rings. The molecule has 0 bridgehead atoms. The zero-order valence-corrected chi connectivity index (χ0v) is 43.6. The second-order valence-electron chi connectivity index (χ2n) is 17.3. The van der Waals surface area contributed by atoms with Gasteiger partial charge in [0.25, 0.3) is 36.2 Å². The number of ether oxygens (including phenoxy) is 1. The smallest absolute Gasteiger partial charge is 0.419 e. The minimum Gasteiger partial charge on any atom is -0.493 e. The van der Waals surface area contributed by atoms with Crippen LogP contribution < -0.4 is 25.3 Å². The van der Waals surface area contributed by atoms with Crippen LogP contribution in [0.1, 0.15) is 72.9 Å². The van der Waals surface area contributed by atoms with Crippen molar-refractivity contribution in [1.29, 1.82) is 5.26 Å². The predicted octanol–water partition coefficient (Wildman–Crippen LogP) is 5.16. The van der Waals surface area contributed by atoms with Crippen LogP contribution >= 0.6 is 0 Å². The number of aromatic nitrogens is 1. The number of aryl methyl sites for hydroxylation is 2. The van der Waals surface area contributed by atoms with Crippen LogP contribution in [0.4, 0.5) is 18.9 Å². The van der Waals surface area contributed by atoms with Gasteiger partial charge in [-0.15, -0.1) is 6.42 Å². The number of sulfonamides is 1. The van der Waals surface area contributed by atoms with Gasteiger partial charge in [-0.3, -0.25) is 33.1 Å². The number of hydrogen-bond donors (Lipinski definition) is 5. The van der Waals surface area contributed by atoms with Crippen LogP contribution in [0.3, 0.4) is 0 Å². The molecule has 5 aromatic rings. The Morgan fingerprint density at radius 3 is 1.87 bits per heavy atom. The second kappa shape index (κ2) is 27.0. The lowest BCUT2D eigenvalue weighted by molar-refractivity contribution is -0.645. The zero-order valence-electron chi connectivity index (χ0n) is 41.1. The van der Waals surface area contributed by atoms with Gasteiger partial charge in [-0.1, -0.05) is 36.4 Å². The fourth-order valence-corrected chi connectivity index (χ4v) is 10.5. The summed E-state index contributed by atoms with van der Waals surface area (Å²) in [5.74, 6) is -6.09. The summed E-state index contributed by atoms with van der Waals surface area (Å²) in [4.78, 5) is 63.3. The number of halogens is 3. The van der Waals surface area contributed by atoms with Gasteiger partial charge in [0.2, 0.25) is 34.5 Å². The van der Waals surface area contributed by atoms with Gasteiger partial charge in [0.1, 0.15) is 5.75 Å². The van der Waals surface area contributed by atoms with Gasteiger partial charge in [-0.25, -0.2) is 12.7 Å². The summed E-state index contributed by atoms with van der Waals surface area (Å²) in [5, 5.41) is 17.2. The fraction of sp³-hybridized carbons (Fsp3) is 0.353. The van der Waals surface area contributed by atoms with E-state index in [-0.39, 0.29) is 79.9 Å². The maximum Gasteiger partial charge on any atom is 0.419 e. The number of anilines is 1. The van der Waals surface area contributed by atoms with Crippen molar-refractivity contribution in [2.75, 3.05) is 43.1 Å². The molecule has 1 atom stereocenters. The minimum atomic E-state index is -4.80. The molecule has 26 heteroatoms. The summed E-state index contributed by atoms with van der Waals surface area (Å²) >= 11 is 0. The molecule has 0 fully saturated rings. The molecule has 5 rings (SSSR count). The molecule has 410 valence electrons. The average molecular weight is 1130 g/mol. The maximum absolute atomic E-state index is 14.7. The largest absolute Gasteiger partial charge is 0.493 e. The number of para-hydroxylation sites is 2. The highest BCUT2D eigenvalue weighted by Crippen LogP contribution is 2.38. The number of hydrogen-bond acceptors (Lipinski definition) is 13. The van der Waals surface area contributed by atoms with Crippen LogP contribution in [0.15, 0.2) is 95.9 Å².